The smallest absolute Gasteiger partial charge is 0.0463 e. The average Bonchev–Trinajstić information content (AvgIpc) is 2.89. The van der Waals surface area contributed by atoms with Crippen LogP contribution in [0.15, 0.2) is 133 Å². The Balaban J connectivity index is 1.33. The molecule has 1 N–H and O–H groups in total. The molecule has 0 fully saturated rings. The summed E-state index contributed by atoms with van der Waals surface area (Å²) in [7, 11) is 0. The third-order valence-electron chi connectivity index (χ3n) is 6.25. The van der Waals surface area contributed by atoms with Gasteiger partial charge in [0.2, 0.25) is 0 Å². The molecule has 0 radical (unpaired) electrons. The fourth-order valence-corrected chi connectivity index (χ4v) is 4.57. The van der Waals surface area contributed by atoms with E-state index < -0.39 is 0 Å². The van der Waals surface area contributed by atoms with Crippen molar-refractivity contribution in [1.82, 2.24) is 0 Å². The van der Waals surface area contributed by atoms with E-state index in [4.69, 9.17) is 0 Å². The van der Waals surface area contributed by atoms with E-state index in [-0.39, 0.29) is 0 Å². The Hall–Kier alpha value is -4.36. The van der Waals surface area contributed by atoms with Crippen LogP contribution in [0.2, 0.25) is 0 Å². The molecule has 0 aliphatic heterocycles. The van der Waals surface area contributed by atoms with Gasteiger partial charge in [0.25, 0.3) is 0 Å². The first-order chi connectivity index (χ1) is 16.3. The molecule has 0 unspecified atom stereocenters. The summed E-state index contributed by atoms with van der Waals surface area (Å²) in [5.74, 6) is 0. The highest BCUT2D eigenvalue weighted by molar-refractivity contribution is 5.97. The highest BCUT2D eigenvalue weighted by Gasteiger charge is 2.07. The Morgan fingerprint density at radius 2 is 1.03 bits per heavy atom. The summed E-state index contributed by atoms with van der Waals surface area (Å²) in [5.41, 5.74) is 7.07. The summed E-state index contributed by atoms with van der Waals surface area (Å²) in [4.78, 5) is 0. The molecule has 0 aliphatic rings. The molecule has 6 aromatic rings. The van der Waals surface area contributed by atoms with Gasteiger partial charge in [0.1, 0.15) is 0 Å². The Morgan fingerprint density at radius 1 is 0.394 bits per heavy atom. The lowest BCUT2D eigenvalue weighted by atomic mass is 9.98. The summed E-state index contributed by atoms with van der Waals surface area (Å²) in [5, 5.41) is 8.69. The number of benzene rings is 6. The lowest BCUT2D eigenvalue weighted by Crippen LogP contribution is -1.93. The summed E-state index contributed by atoms with van der Waals surface area (Å²) >= 11 is 0. The second-order valence-corrected chi connectivity index (χ2v) is 8.34. The van der Waals surface area contributed by atoms with Crippen LogP contribution in [0.3, 0.4) is 0 Å². The predicted octanol–water partition coefficient (Wildman–Crippen LogP) is 9.07. The first kappa shape index (κ1) is 19.3. The van der Waals surface area contributed by atoms with Crippen LogP contribution in [0.25, 0.3) is 43.8 Å². The van der Waals surface area contributed by atoms with Gasteiger partial charge in [-0.25, -0.2) is 0 Å². The summed E-state index contributed by atoms with van der Waals surface area (Å²) in [6.45, 7) is 0. The molecule has 0 atom stereocenters. The van der Waals surface area contributed by atoms with Crippen molar-refractivity contribution in [1.29, 1.82) is 0 Å². The SMILES string of the molecule is c1ccc(-c2ccc3ccccc3c2)c(Nc2ccc(-c3cccc4ccccc34)cc2)c1. The highest BCUT2D eigenvalue weighted by Crippen LogP contribution is 2.34. The van der Waals surface area contributed by atoms with Crippen LogP contribution in [0.4, 0.5) is 11.4 Å². The topological polar surface area (TPSA) is 12.0 Å². The number of para-hydroxylation sites is 1. The number of hydrogen-bond donors (Lipinski definition) is 1. The minimum absolute atomic E-state index is 1.08. The zero-order valence-electron chi connectivity index (χ0n) is 18.2. The van der Waals surface area contributed by atoms with Gasteiger partial charge in [-0.1, -0.05) is 109 Å². The average molecular weight is 422 g/mol. The van der Waals surface area contributed by atoms with Crippen molar-refractivity contribution in [2.24, 2.45) is 0 Å². The molecule has 0 bridgehead atoms. The molecular formula is C32H23N. The Kier molecular flexibility index (Phi) is 4.86. The quantitative estimate of drug-likeness (QED) is 0.299. The Bertz CT molecular complexity index is 1570. The van der Waals surface area contributed by atoms with Gasteiger partial charge < -0.3 is 5.32 Å². The van der Waals surface area contributed by atoms with Gasteiger partial charge in [-0.3, -0.25) is 0 Å². The molecule has 156 valence electrons. The molecule has 6 aromatic carbocycles. The van der Waals surface area contributed by atoms with E-state index in [1.807, 2.05) is 0 Å². The first-order valence-electron chi connectivity index (χ1n) is 11.3. The van der Waals surface area contributed by atoms with Crippen molar-refractivity contribution < 1.29 is 0 Å². The van der Waals surface area contributed by atoms with Gasteiger partial charge in [0.15, 0.2) is 0 Å². The van der Waals surface area contributed by atoms with Crippen LogP contribution >= 0.6 is 0 Å². The fourth-order valence-electron chi connectivity index (χ4n) is 4.57. The summed E-state index contributed by atoms with van der Waals surface area (Å²) in [6, 6.07) is 47.4. The largest absolute Gasteiger partial charge is 0.355 e. The van der Waals surface area contributed by atoms with E-state index in [9.17, 15) is 0 Å². The maximum Gasteiger partial charge on any atom is 0.0463 e. The van der Waals surface area contributed by atoms with Gasteiger partial charge in [-0.15, -0.1) is 0 Å². The van der Waals surface area contributed by atoms with Crippen molar-refractivity contribution in [3.8, 4) is 22.3 Å². The van der Waals surface area contributed by atoms with Crippen LogP contribution in [0, 0.1) is 0 Å². The minimum Gasteiger partial charge on any atom is -0.355 e. The molecule has 6 rings (SSSR count). The molecule has 0 amide bonds. The number of anilines is 2. The maximum absolute atomic E-state index is 3.63. The lowest BCUT2D eigenvalue weighted by molar-refractivity contribution is 1.53. The third kappa shape index (κ3) is 3.75. The minimum atomic E-state index is 1.08. The molecule has 0 spiro atoms. The van der Waals surface area contributed by atoms with Gasteiger partial charge in [-0.05, 0) is 62.5 Å². The van der Waals surface area contributed by atoms with Gasteiger partial charge in [0.05, 0.1) is 0 Å². The zero-order valence-corrected chi connectivity index (χ0v) is 18.2. The van der Waals surface area contributed by atoms with Gasteiger partial charge in [-0.2, -0.15) is 0 Å². The van der Waals surface area contributed by atoms with Crippen molar-refractivity contribution in [3.05, 3.63) is 133 Å². The molecule has 0 aliphatic carbocycles. The summed E-state index contributed by atoms with van der Waals surface area (Å²) < 4.78 is 0. The molecule has 1 nitrogen and oxygen atoms in total. The summed E-state index contributed by atoms with van der Waals surface area (Å²) in [6.07, 6.45) is 0. The number of nitrogens with one attached hydrogen (secondary N) is 1. The monoisotopic (exact) mass is 421 g/mol. The Morgan fingerprint density at radius 3 is 1.91 bits per heavy atom. The zero-order chi connectivity index (χ0) is 22.0. The highest BCUT2D eigenvalue weighted by atomic mass is 14.9. The van der Waals surface area contributed by atoms with Gasteiger partial charge in [0, 0.05) is 16.9 Å². The third-order valence-corrected chi connectivity index (χ3v) is 6.25. The molecule has 0 heterocycles. The first-order valence-corrected chi connectivity index (χ1v) is 11.3. The van der Waals surface area contributed by atoms with Crippen LogP contribution in [-0.4, -0.2) is 0 Å². The fraction of sp³-hybridized carbons (Fsp3) is 0. The second-order valence-electron chi connectivity index (χ2n) is 8.34. The molecule has 0 aromatic heterocycles. The molecular weight excluding hydrogens is 398 g/mol. The van der Waals surface area contributed by atoms with Crippen LogP contribution in [0.5, 0.6) is 0 Å². The molecule has 0 saturated carbocycles. The standard InChI is InChI=1S/C32H23N/c1-2-10-26-22-27(17-16-23(26)8-1)31-13-5-6-15-32(31)33-28-20-18-25(19-21-28)30-14-7-11-24-9-3-4-12-29(24)30/h1-22,33H. The molecule has 1 heteroatoms. The van der Waals surface area contributed by atoms with Gasteiger partial charge >= 0.3 is 0 Å². The van der Waals surface area contributed by atoms with E-state index in [0.29, 0.717) is 0 Å². The maximum atomic E-state index is 3.63. The molecule has 33 heavy (non-hydrogen) atoms. The van der Waals surface area contributed by atoms with E-state index in [2.05, 4.69) is 139 Å². The van der Waals surface area contributed by atoms with E-state index in [0.717, 1.165) is 11.4 Å². The number of hydrogen-bond acceptors (Lipinski definition) is 1. The van der Waals surface area contributed by atoms with Crippen LogP contribution in [-0.2, 0) is 0 Å². The number of rotatable bonds is 4. The predicted molar refractivity (Wildman–Crippen MR) is 142 cm³/mol. The normalized spacial score (nSPS) is 11.0. The van der Waals surface area contributed by atoms with Crippen molar-refractivity contribution >= 4 is 32.9 Å². The van der Waals surface area contributed by atoms with Crippen molar-refractivity contribution in [2.45, 2.75) is 0 Å². The number of fused-ring (bicyclic) bond motifs is 2. The van der Waals surface area contributed by atoms with E-state index in [1.54, 1.807) is 0 Å². The van der Waals surface area contributed by atoms with E-state index in [1.165, 1.54) is 43.8 Å². The van der Waals surface area contributed by atoms with Crippen molar-refractivity contribution in [2.75, 3.05) is 5.32 Å². The van der Waals surface area contributed by atoms with Crippen LogP contribution < -0.4 is 5.32 Å². The second kappa shape index (κ2) is 8.29. The van der Waals surface area contributed by atoms with E-state index >= 15 is 0 Å². The van der Waals surface area contributed by atoms with Crippen molar-refractivity contribution in [3.63, 3.8) is 0 Å². The Labute approximate surface area is 194 Å². The molecule has 0 saturated heterocycles. The lowest BCUT2D eigenvalue weighted by Gasteiger charge is -2.14. The van der Waals surface area contributed by atoms with Crippen LogP contribution in [0.1, 0.15) is 0 Å².